The Kier molecular flexibility index (Phi) is 0.296. The number of hydrogen-bond donors (Lipinski definition) is 1. The van der Waals surface area contributed by atoms with Crippen LogP contribution in [-0.2, 0) is 0 Å². The molecule has 0 aromatic heterocycles. The van der Waals surface area contributed by atoms with Crippen molar-refractivity contribution in [2.24, 2.45) is 28.9 Å². The maximum atomic E-state index is 6.16. The average molecular weight is 121 g/mol. The summed E-state index contributed by atoms with van der Waals surface area (Å²) in [6.07, 6.45) is 4.50. The molecule has 4 aliphatic carbocycles. The Morgan fingerprint density at radius 3 is 2.11 bits per heavy atom. The molecular weight excluding hydrogens is 110 g/mol. The zero-order valence-corrected chi connectivity index (χ0v) is 5.43. The quantitative estimate of drug-likeness (QED) is 0.502. The molecule has 4 aliphatic rings. The van der Waals surface area contributed by atoms with Gasteiger partial charge in [0.2, 0.25) is 0 Å². The Labute approximate surface area is 54.6 Å². The van der Waals surface area contributed by atoms with E-state index in [1.54, 1.807) is 0 Å². The summed E-state index contributed by atoms with van der Waals surface area (Å²) in [7, 11) is 0. The summed E-state index contributed by atoms with van der Waals surface area (Å²) in [6, 6.07) is 0. The predicted octanol–water partition coefficient (Wildman–Crippen LogP) is 0.744. The monoisotopic (exact) mass is 121 g/mol. The second-order valence-corrected chi connectivity index (χ2v) is 4.62. The first-order valence-electron chi connectivity index (χ1n) is 4.09. The third-order valence-corrected chi connectivity index (χ3v) is 4.80. The summed E-state index contributed by atoms with van der Waals surface area (Å²) >= 11 is 0. The molecule has 0 aromatic carbocycles. The molecule has 1 nitrogen and oxygen atoms in total. The summed E-state index contributed by atoms with van der Waals surface area (Å²) in [6.45, 7) is 0. The topological polar surface area (TPSA) is 26.0 Å². The fourth-order valence-electron chi connectivity index (χ4n) is 4.46. The van der Waals surface area contributed by atoms with Crippen LogP contribution < -0.4 is 5.73 Å². The van der Waals surface area contributed by atoms with Crippen LogP contribution >= 0.6 is 0 Å². The molecule has 2 bridgehead atoms. The normalized spacial score (nSPS) is 87.0. The lowest BCUT2D eigenvalue weighted by Gasteiger charge is -2.22. The van der Waals surface area contributed by atoms with Gasteiger partial charge in [-0.1, -0.05) is 0 Å². The first-order chi connectivity index (χ1) is 4.30. The fraction of sp³-hybridized carbons (Fsp3) is 1.00. The highest BCUT2D eigenvalue weighted by Gasteiger charge is 3.00. The SMILES string of the molecule is NC12C3CC4CC1C32C4. The van der Waals surface area contributed by atoms with Crippen LogP contribution in [0.15, 0.2) is 0 Å². The standard InChI is InChI=1S/C8H11N/c9-8-5-1-4-2-6(8)7(5,8)3-4/h4-6H,1-3,9H2. The van der Waals surface area contributed by atoms with Crippen LogP contribution in [0.1, 0.15) is 19.3 Å². The molecule has 0 aliphatic heterocycles. The zero-order chi connectivity index (χ0) is 5.85. The molecule has 0 saturated heterocycles. The lowest BCUT2D eigenvalue weighted by Crippen LogP contribution is -2.29. The van der Waals surface area contributed by atoms with Crippen LogP contribution in [0.5, 0.6) is 0 Å². The summed E-state index contributed by atoms with van der Waals surface area (Å²) in [5.41, 5.74) is 7.37. The number of fused-ring (bicyclic) bond motifs is 3. The van der Waals surface area contributed by atoms with Gasteiger partial charge in [0.1, 0.15) is 0 Å². The van der Waals surface area contributed by atoms with Gasteiger partial charge in [-0.3, -0.25) is 0 Å². The molecule has 0 amide bonds. The molecule has 2 atom stereocenters. The van der Waals surface area contributed by atoms with Crippen molar-refractivity contribution in [2.75, 3.05) is 0 Å². The van der Waals surface area contributed by atoms with E-state index in [1.165, 1.54) is 19.3 Å². The first kappa shape index (κ1) is 3.97. The molecule has 0 radical (unpaired) electrons. The van der Waals surface area contributed by atoms with Gasteiger partial charge in [-0.2, -0.15) is 0 Å². The Hall–Kier alpha value is -0.0400. The van der Waals surface area contributed by atoms with Gasteiger partial charge in [0.25, 0.3) is 0 Å². The van der Waals surface area contributed by atoms with Gasteiger partial charge in [-0.25, -0.2) is 0 Å². The third-order valence-electron chi connectivity index (χ3n) is 4.80. The molecule has 9 heavy (non-hydrogen) atoms. The molecule has 4 rings (SSSR count). The predicted molar refractivity (Wildman–Crippen MR) is 33.7 cm³/mol. The lowest BCUT2D eigenvalue weighted by atomic mass is 9.86. The van der Waals surface area contributed by atoms with Crippen molar-refractivity contribution in [1.82, 2.24) is 0 Å². The number of nitrogens with two attached hydrogens (primary N) is 1. The summed E-state index contributed by atoms with van der Waals surface area (Å²) in [4.78, 5) is 0. The van der Waals surface area contributed by atoms with E-state index in [-0.39, 0.29) is 0 Å². The van der Waals surface area contributed by atoms with Crippen molar-refractivity contribution < 1.29 is 0 Å². The van der Waals surface area contributed by atoms with Gasteiger partial charge in [-0.15, -0.1) is 0 Å². The van der Waals surface area contributed by atoms with Crippen LogP contribution in [0.25, 0.3) is 0 Å². The lowest BCUT2D eigenvalue weighted by molar-refractivity contribution is 0.302. The molecule has 4 fully saturated rings. The molecule has 48 valence electrons. The van der Waals surface area contributed by atoms with Gasteiger partial charge in [0.15, 0.2) is 0 Å². The minimum absolute atomic E-state index is 0.432. The fourth-order valence-corrected chi connectivity index (χ4v) is 4.46. The second-order valence-electron chi connectivity index (χ2n) is 4.62. The maximum absolute atomic E-state index is 6.16. The van der Waals surface area contributed by atoms with Gasteiger partial charge in [-0.05, 0) is 42.4 Å². The highest BCUT2D eigenvalue weighted by Crippen LogP contribution is 2.97. The highest BCUT2D eigenvalue weighted by molar-refractivity contribution is 5.52. The molecule has 4 saturated carbocycles. The van der Waals surface area contributed by atoms with E-state index in [2.05, 4.69) is 0 Å². The maximum Gasteiger partial charge on any atom is 0.0287 e. The summed E-state index contributed by atoms with van der Waals surface area (Å²) in [5, 5.41) is 0. The van der Waals surface area contributed by atoms with Gasteiger partial charge >= 0.3 is 0 Å². The van der Waals surface area contributed by atoms with E-state index in [1.807, 2.05) is 0 Å². The number of rotatable bonds is 0. The van der Waals surface area contributed by atoms with E-state index in [9.17, 15) is 0 Å². The first-order valence-corrected chi connectivity index (χ1v) is 4.09. The van der Waals surface area contributed by atoms with E-state index >= 15 is 0 Å². The van der Waals surface area contributed by atoms with Crippen LogP contribution in [0.2, 0.25) is 0 Å². The largest absolute Gasteiger partial charge is 0.324 e. The van der Waals surface area contributed by atoms with E-state index in [4.69, 9.17) is 5.73 Å². The minimum Gasteiger partial charge on any atom is -0.324 e. The Bertz CT molecular complexity index is 207. The van der Waals surface area contributed by atoms with E-state index in [0.717, 1.165) is 23.2 Å². The van der Waals surface area contributed by atoms with Crippen molar-refractivity contribution in [3.05, 3.63) is 0 Å². The second kappa shape index (κ2) is 0.672. The molecule has 2 unspecified atom stereocenters. The van der Waals surface area contributed by atoms with Crippen LogP contribution in [0, 0.1) is 23.2 Å². The van der Waals surface area contributed by atoms with Crippen LogP contribution in [-0.4, -0.2) is 5.54 Å². The minimum atomic E-state index is 0.432. The summed E-state index contributed by atoms with van der Waals surface area (Å²) < 4.78 is 0. The number of hydrogen-bond acceptors (Lipinski definition) is 1. The zero-order valence-electron chi connectivity index (χ0n) is 5.43. The van der Waals surface area contributed by atoms with Crippen molar-refractivity contribution in [3.8, 4) is 0 Å². The van der Waals surface area contributed by atoms with E-state index in [0.29, 0.717) is 5.54 Å². The average Bonchev–Trinajstić information content (AvgIpc) is 2.51. The molecule has 0 aromatic rings. The third kappa shape index (κ3) is 0.161. The molecule has 0 heterocycles. The molecule has 1 heteroatoms. The smallest absolute Gasteiger partial charge is 0.0287 e. The Morgan fingerprint density at radius 1 is 1.22 bits per heavy atom. The summed E-state index contributed by atoms with van der Waals surface area (Å²) in [5.74, 6) is 3.13. The van der Waals surface area contributed by atoms with Crippen molar-refractivity contribution in [2.45, 2.75) is 24.8 Å². The Balaban J connectivity index is 2.02. The van der Waals surface area contributed by atoms with E-state index < -0.39 is 0 Å². The van der Waals surface area contributed by atoms with Crippen molar-refractivity contribution >= 4 is 0 Å². The van der Waals surface area contributed by atoms with Gasteiger partial charge < -0.3 is 5.73 Å². The van der Waals surface area contributed by atoms with Crippen molar-refractivity contribution in [3.63, 3.8) is 0 Å². The highest BCUT2D eigenvalue weighted by atomic mass is 15.2. The molecule has 1 spiro atoms. The molecular formula is C8H11N. The van der Waals surface area contributed by atoms with Crippen LogP contribution in [0.3, 0.4) is 0 Å². The Morgan fingerprint density at radius 2 is 1.89 bits per heavy atom. The van der Waals surface area contributed by atoms with Crippen molar-refractivity contribution in [1.29, 1.82) is 0 Å². The van der Waals surface area contributed by atoms with Crippen LogP contribution in [0.4, 0.5) is 0 Å². The van der Waals surface area contributed by atoms with Gasteiger partial charge in [0, 0.05) is 5.54 Å². The van der Waals surface area contributed by atoms with Gasteiger partial charge in [0.05, 0.1) is 0 Å². The molecule has 2 N–H and O–H groups in total.